The molecule has 0 fully saturated rings. The molecule has 0 saturated carbocycles. The highest BCUT2D eigenvalue weighted by atomic mass is 79.9. The molecule has 2 rings (SSSR count). The second-order valence-electron chi connectivity index (χ2n) is 4.49. The van der Waals surface area contributed by atoms with Crippen LogP contribution < -0.4 is 10.6 Å². The minimum atomic E-state index is -0.264. The molecule has 0 spiro atoms. The summed E-state index contributed by atoms with van der Waals surface area (Å²) in [5, 5.41) is 0. The van der Waals surface area contributed by atoms with Gasteiger partial charge in [0, 0.05) is 24.8 Å². The van der Waals surface area contributed by atoms with Crippen molar-refractivity contribution in [3.8, 4) is 0 Å². The lowest BCUT2D eigenvalue weighted by Gasteiger charge is -2.22. The highest BCUT2D eigenvalue weighted by Crippen LogP contribution is 2.23. The average molecular weight is 353 g/mol. The molecule has 0 amide bonds. The van der Waals surface area contributed by atoms with Gasteiger partial charge in [-0.2, -0.15) is 0 Å². The number of hydrogen-bond acceptors (Lipinski definition) is 2. The zero-order valence-electron chi connectivity index (χ0n) is 10.9. The van der Waals surface area contributed by atoms with E-state index in [4.69, 9.17) is 18.0 Å². The smallest absolute Gasteiger partial charge is 0.137 e. The van der Waals surface area contributed by atoms with E-state index in [0.717, 1.165) is 16.8 Å². The molecule has 20 heavy (non-hydrogen) atoms. The van der Waals surface area contributed by atoms with Crippen LogP contribution in [0.2, 0.25) is 0 Å². The molecule has 0 saturated heterocycles. The third-order valence-corrected chi connectivity index (χ3v) is 3.81. The number of benzene rings is 2. The van der Waals surface area contributed by atoms with Gasteiger partial charge in [0.05, 0.1) is 4.47 Å². The van der Waals surface area contributed by atoms with Crippen LogP contribution in [0, 0.1) is 5.82 Å². The Morgan fingerprint density at radius 2 is 2.00 bits per heavy atom. The van der Waals surface area contributed by atoms with Gasteiger partial charge < -0.3 is 10.6 Å². The molecule has 0 aromatic heterocycles. The monoisotopic (exact) mass is 352 g/mol. The Labute approximate surface area is 131 Å². The summed E-state index contributed by atoms with van der Waals surface area (Å²) in [6.45, 7) is 0.637. The van der Waals surface area contributed by atoms with Gasteiger partial charge in [-0.25, -0.2) is 4.39 Å². The van der Waals surface area contributed by atoms with E-state index in [-0.39, 0.29) is 5.82 Å². The summed E-state index contributed by atoms with van der Waals surface area (Å²) in [5.74, 6) is -0.264. The largest absolute Gasteiger partial charge is 0.389 e. The molecule has 0 unspecified atom stereocenters. The van der Waals surface area contributed by atoms with Crippen molar-refractivity contribution in [1.29, 1.82) is 0 Å². The predicted molar refractivity (Wildman–Crippen MR) is 88.5 cm³/mol. The lowest BCUT2D eigenvalue weighted by Crippen LogP contribution is -2.21. The topological polar surface area (TPSA) is 29.3 Å². The van der Waals surface area contributed by atoms with Crippen LogP contribution in [0.3, 0.4) is 0 Å². The Hall–Kier alpha value is -1.46. The Morgan fingerprint density at radius 3 is 2.65 bits per heavy atom. The fourth-order valence-electron chi connectivity index (χ4n) is 2.01. The van der Waals surface area contributed by atoms with Crippen molar-refractivity contribution < 1.29 is 4.39 Å². The quantitative estimate of drug-likeness (QED) is 0.847. The van der Waals surface area contributed by atoms with Gasteiger partial charge in [0.2, 0.25) is 0 Å². The van der Waals surface area contributed by atoms with Crippen LogP contribution >= 0.6 is 28.1 Å². The molecule has 0 aliphatic rings. The van der Waals surface area contributed by atoms with E-state index in [0.29, 0.717) is 16.0 Å². The molecule has 0 heterocycles. The second-order valence-corrected chi connectivity index (χ2v) is 5.78. The summed E-state index contributed by atoms with van der Waals surface area (Å²) in [6.07, 6.45) is 0. The van der Waals surface area contributed by atoms with Crippen molar-refractivity contribution in [2.24, 2.45) is 5.73 Å². The summed E-state index contributed by atoms with van der Waals surface area (Å²) in [7, 11) is 1.95. The maximum Gasteiger partial charge on any atom is 0.137 e. The fourth-order valence-corrected chi connectivity index (χ4v) is 2.61. The zero-order valence-corrected chi connectivity index (χ0v) is 13.3. The summed E-state index contributed by atoms with van der Waals surface area (Å²) >= 11 is 8.26. The number of nitrogens with zero attached hydrogens (tertiary/aromatic N) is 1. The van der Waals surface area contributed by atoms with Crippen molar-refractivity contribution in [3.63, 3.8) is 0 Å². The van der Waals surface area contributed by atoms with E-state index in [2.05, 4.69) is 15.9 Å². The van der Waals surface area contributed by atoms with E-state index >= 15 is 0 Å². The minimum absolute atomic E-state index is 0.264. The molecule has 0 aliphatic carbocycles. The molecule has 5 heteroatoms. The van der Waals surface area contributed by atoms with Crippen LogP contribution in [0.15, 0.2) is 46.9 Å². The van der Waals surface area contributed by atoms with Gasteiger partial charge >= 0.3 is 0 Å². The van der Waals surface area contributed by atoms with Gasteiger partial charge in [0.15, 0.2) is 0 Å². The van der Waals surface area contributed by atoms with Crippen LogP contribution in [-0.4, -0.2) is 12.0 Å². The van der Waals surface area contributed by atoms with Crippen molar-refractivity contribution in [2.75, 3.05) is 11.9 Å². The number of hydrogen-bond donors (Lipinski definition) is 1. The highest BCUT2D eigenvalue weighted by Gasteiger charge is 2.10. The molecule has 104 valence electrons. The number of thiocarbonyl (C=S) groups is 1. The first-order valence-corrected chi connectivity index (χ1v) is 7.23. The van der Waals surface area contributed by atoms with E-state index in [1.807, 2.05) is 36.2 Å². The first-order valence-electron chi connectivity index (χ1n) is 6.03. The molecular formula is C15H14BrFN2S. The van der Waals surface area contributed by atoms with E-state index in [9.17, 15) is 4.39 Å². The summed E-state index contributed by atoms with van der Waals surface area (Å²) < 4.78 is 13.7. The molecule has 2 nitrogen and oxygen atoms in total. The number of para-hydroxylation sites is 1. The van der Waals surface area contributed by atoms with Crippen molar-refractivity contribution in [2.45, 2.75) is 6.54 Å². The van der Waals surface area contributed by atoms with E-state index in [1.165, 1.54) is 6.07 Å². The van der Waals surface area contributed by atoms with Crippen molar-refractivity contribution in [3.05, 3.63) is 63.9 Å². The molecule has 2 aromatic rings. The summed E-state index contributed by atoms with van der Waals surface area (Å²) in [6, 6.07) is 12.7. The zero-order chi connectivity index (χ0) is 14.7. The first-order chi connectivity index (χ1) is 9.49. The maximum atomic E-state index is 13.2. The predicted octanol–water partition coefficient (Wildman–Crippen LogP) is 3.86. The summed E-state index contributed by atoms with van der Waals surface area (Å²) in [5.41, 5.74) is 8.53. The van der Waals surface area contributed by atoms with Gasteiger partial charge in [-0.1, -0.05) is 30.4 Å². The fraction of sp³-hybridized carbons (Fsp3) is 0.133. The van der Waals surface area contributed by atoms with Gasteiger partial charge in [-0.3, -0.25) is 0 Å². The SMILES string of the molecule is CN(Cc1ccc(F)c(Br)c1)c1ccccc1C(N)=S. The van der Waals surface area contributed by atoms with Gasteiger partial charge in [-0.15, -0.1) is 0 Å². The first kappa shape index (κ1) is 14.9. The molecular weight excluding hydrogens is 339 g/mol. The Kier molecular flexibility index (Phi) is 4.73. The lowest BCUT2D eigenvalue weighted by molar-refractivity contribution is 0.620. The van der Waals surface area contributed by atoms with Crippen LogP contribution in [0.1, 0.15) is 11.1 Å². The molecule has 0 bridgehead atoms. The van der Waals surface area contributed by atoms with Gasteiger partial charge in [-0.05, 0) is 45.8 Å². The standard InChI is InChI=1S/C15H14BrFN2S/c1-19(9-10-6-7-13(17)12(16)8-10)14-5-3-2-4-11(14)15(18)20/h2-8H,9H2,1H3,(H2,18,20). The minimum Gasteiger partial charge on any atom is -0.389 e. The third-order valence-electron chi connectivity index (χ3n) is 2.98. The van der Waals surface area contributed by atoms with Crippen LogP contribution in [0.4, 0.5) is 10.1 Å². The van der Waals surface area contributed by atoms with E-state index < -0.39 is 0 Å². The number of anilines is 1. The molecule has 0 radical (unpaired) electrons. The molecule has 0 aliphatic heterocycles. The van der Waals surface area contributed by atoms with Gasteiger partial charge in [0.1, 0.15) is 10.8 Å². The summed E-state index contributed by atoms with van der Waals surface area (Å²) in [4.78, 5) is 2.40. The van der Waals surface area contributed by atoms with E-state index in [1.54, 1.807) is 12.1 Å². The molecule has 2 N–H and O–H groups in total. The molecule has 0 atom stereocenters. The van der Waals surface area contributed by atoms with Crippen molar-refractivity contribution >= 4 is 38.8 Å². The Bertz CT molecular complexity index is 646. The second kappa shape index (κ2) is 6.33. The molecule has 2 aromatic carbocycles. The normalized spacial score (nSPS) is 10.3. The maximum absolute atomic E-state index is 13.2. The van der Waals surface area contributed by atoms with Crippen molar-refractivity contribution in [1.82, 2.24) is 0 Å². The lowest BCUT2D eigenvalue weighted by atomic mass is 10.1. The van der Waals surface area contributed by atoms with Gasteiger partial charge in [0.25, 0.3) is 0 Å². The Morgan fingerprint density at radius 1 is 1.30 bits per heavy atom. The Balaban J connectivity index is 2.26. The third kappa shape index (κ3) is 3.35. The number of rotatable bonds is 4. The number of nitrogens with two attached hydrogens (primary N) is 1. The number of halogens is 2. The van der Waals surface area contributed by atoms with Crippen LogP contribution in [0.5, 0.6) is 0 Å². The average Bonchev–Trinajstić information content (AvgIpc) is 2.43. The highest BCUT2D eigenvalue weighted by molar-refractivity contribution is 9.10. The van der Waals surface area contributed by atoms with Crippen LogP contribution in [-0.2, 0) is 6.54 Å². The van der Waals surface area contributed by atoms with Crippen LogP contribution in [0.25, 0.3) is 0 Å².